The second kappa shape index (κ2) is 6.48. The van der Waals surface area contributed by atoms with Gasteiger partial charge in [-0.3, -0.25) is 4.79 Å². The molecule has 1 aliphatic rings. The Labute approximate surface area is 147 Å². The first-order valence-corrected chi connectivity index (χ1v) is 8.46. The van der Waals surface area contributed by atoms with Gasteiger partial charge in [-0.2, -0.15) is 5.10 Å². The zero-order chi connectivity index (χ0) is 17.2. The maximum absolute atomic E-state index is 12.6. The van der Waals surface area contributed by atoms with Crippen LogP contribution in [-0.2, 0) is 13.0 Å². The van der Waals surface area contributed by atoms with Crippen LogP contribution in [0, 0.1) is 6.92 Å². The molecule has 25 heavy (non-hydrogen) atoms. The highest BCUT2D eigenvalue weighted by atomic mass is 16.2. The zero-order valence-corrected chi connectivity index (χ0v) is 14.1. The number of benzene rings is 2. The van der Waals surface area contributed by atoms with Gasteiger partial charge in [0.05, 0.1) is 0 Å². The van der Waals surface area contributed by atoms with Gasteiger partial charge in [0, 0.05) is 19.3 Å². The predicted octanol–water partition coefficient (Wildman–Crippen LogP) is 3.65. The minimum Gasteiger partial charge on any atom is -0.333 e. The van der Waals surface area contributed by atoms with Crippen LogP contribution < -0.4 is 0 Å². The second-order valence-electron chi connectivity index (χ2n) is 6.44. The van der Waals surface area contributed by atoms with Crippen molar-refractivity contribution in [2.75, 3.05) is 6.54 Å². The molecule has 0 N–H and O–H groups in total. The monoisotopic (exact) mass is 329 g/mol. The van der Waals surface area contributed by atoms with Gasteiger partial charge in [0.2, 0.25) is 0 Å². The smallest absolute Gasteiger partial charge is 0.274 e. The van der Waals surface area contributed by atoms with Gasteiger partial charge in [-0.15, -0.1) is 5.10 Å². The maximum atomic E-state index is 12.6. The molecule has 3 aromatic rings. The summed E-state index contributed by atoms with van der Waals surface area (Å²) in [7, 11) is 0. The molecule has 1 aliphatic heterocycles. The third kappa shape index (κ3) is 3.15. The van der Waals surface area contributed by atoms with Crippen molar-refractivity contribution in [3.05, 3.63) is 83.2 Å². The van der Waals surface area contributed by atoms with Crippen molar-refractivity contribution < 1.29 is 4.79 Å². The first-order valence-electron chi connectivity index (χ1n) is 8.46. The minimum absolute atomic E-state index is 0.0560. The fourth-order valence-electron chi connectivity index (χ4n) is 3.23. The lowest BCUT2D eigenvalue weighted by Crippen LogP contribution is -2.36. The fourth-order valence-corrected chi connectivity index (χ4v) is 3.23. The normalized spacial score (nSPS) is 13.4. The Balaban J connectivity index is 1.60. The van der Waals surface area contributed by atoms with E-state index in [1.54, 1.807) is 18.3 Å². The van der Waals surface area contributed by atoms with E-state index in [-0.39, 0.29) is 5.91 Å². The largest absolute Gasteiger partial charge is 0.333 e. The van der Waals surface area contributed by atoms with E-state index >= 15 is 0 Å². The Morgan fingerprint density at radius 2 is 1.80 bits per heavy atom. The molecule has 2 heterocycles. The molecular weight excluding hydrogens is 310 g/mol. The first-order chi connectivity index (χ1) is 12.2. The van der Waals surface area contributed by atoms with Gasteiger partial charge >= 0.3 is 0 Å². The lowest BCUT2D eigenvalue weighted by atomic mass is 9.94. The molecule has 0 saturated carbocycles. The van der Waals surface area contributed by atoms with E-state index in [9.17, 15) is 4.79 Å². The van der Waals surface area contributed by atoms with Crippen LogP contribution in [0.25, 0.3) is 11.1 Å². The van der Waals surface area contributed by atoms with E-state index in [1.165, 1.54) is 27.8 Å². The Morgan fingerprint density at radius 1 is 1.00 bits per heavy atom. The van der Waals surface area contributed by atoms with Crippen molar-refractivity contribution in [2.45, 2.75) is 19.9 Å². The fraction of sp³-hybridized carbons (Fsp3) is 0.190. The first kappa shape index (κ1) is 15.5. The molecule has 0 fully saturated rings. The second-order valence-corrected chi connectivity index (χ2v) is 6.44. The summed E-state index contributed by atoms with van der Waals surface area (Å²) < 4.78 is 0. The van der Waals surface area contributed by atoms with Gasteiger partial charge in [0.1, 0.15) is 0 Å². The molecule has 124 valence electrons. The summed E-state index contributed by atoms with van der Waals surface area (Å²) in [6.07, 6.45) is 2.45. The van der Waals surface area contributed by atoms with Crippen molar-refractivity contribution in [3.63, 3.8) is 0 Å². The SMILES string of the molecule is Cc1ccc(-c2ccc3c(c2)CN(C(=O)c2cccnn2)CC3)cc1. The third-order valence-corrected chi connectivity index (χ3v) is 4.68. The van der Waals surface area contributed by atoms with E-state index < -0.39 is 0 Å². The van der Waals surface area contributed by atoms with Crippen molar-refractivity contribution in [3.8, 4) is 11.1 Å². The van der Waals surface area contributed by atoms with Crippen molar-refractivity contribution >= 4 is 5.91 Å². The van der Waals surface area contributed by atoms with Crippen LogP contribution in [0.15, 0.2) is 60.8 Å². The molecule has 4 nitrogen and oxygen atoms in total. The number of carbonyl (C=O) groups is 1. The summed E-state index contributed by atoms with van der Waals surface area (Å²) in [5.41, 5.74) is 6.57. The molecule has 0 aliphatic carbocycles. The standard InChI is InChI=1S/C21H19N3O/c1-15-4-6-16(7-5-15)18-9-8-17-10-12-24(14-19(17)13-18)21(25)20-3-2-11-22-23-20/h2-9,11,13H,10,12,14H2,1H3. The summed E-state index contributed by atoms with van der Waals surface area (Å²) in [6, 6.07) is 18.6. The summed E-state index contributed by atoms with van der Waals surface area (Å²) >= 11 is 0. The van der Waals surface area contributed by atoms with Gasteiger partial charge in [-0.05, 0) is 53.8 Å². The molecule has 0 radical (unpaired) electrons. The Kier molecular flexibility index (Phi) is 4.02. The Hall–Kier alpha value is -3.01. The maximum Gasteiger partial charge on any atom is 0.274 e. The minimum atomic E-state index is -0.0560. The average molecular weight is 329 g/mol. The molecule has 0 bridgehead atoms. The van der Waals surface area contributed by atoms with Crippen LogP contribution in [0.2, 0.25) is 0 Å². The highest BCUT2D eigenvalue weighted by Gasteiger charge is 2.23. The summed E-state index contributed by atoms with van der Waals surface area (Å²) in [5, 5.41) is 7.75. The molecule has 0 atom stereocenters. The predicted molar refractivity (Wildman–Crippen MR) is 97.1 cm³/mol. The number of amides is 1. The van der Waals surface area contributed by atoms with Crippen molar-refractivity contribution in [1.82, 2.24) is 15.1 Å². The van der Waals surface area contributed by atoms with Crippen molar-refractivity contribution in [1.29, 1.82) is 0 Å². The number of nitrogens with zero attached hydrogens (tertiary/aromatic N) is 3. The summed E-state index contributed by atoms with van der Waals surface area (Å²) in [6.45, 7) is 3.42. The third-order valence-electron chi connectivity index (χ3n) is 4.68. The van der Waals surface area contributed by atoms with Gasteiger partial charge in [0.15, 0.2) is 5.69 Å². The molecule has 4 heteroatoms. The number of fused-ring (bicyclic) bond motifs is 1. The molecule has 1 amide bonds. The molecular formula is C21H19N3O. The van der Waals surface area contributed by atoms with Gasteiger partial charge in [0.25, 0.3) is 5.91 Å². The number of carbonyl (C=O) groups excluding carboxylic acids is 1. The van der Waals surface area contributed by atoms with Crippen molar-refractivity contribution in [2.24, 2.45) is 0 Å². The van der Waals surface area contributed by atoms with E-state index in [0.717, 1.165) is 6.42 Å². The quantitative estimate of drug-likeness (QED) is 0.721. The molecule has 0 spiro atoms. The number of aromatic nitrogens is 2. The molecule has 1 aromatic heterocycles. The molecule has 4 rings (SSSR count). The van der Waals surface area contributed by atoms with Crippen LogP contribution in [0.4, 0.5) is 0 Å². The van der Waals surface area contributed by atoms with Crippen LogP contribution in [0.3, 0.4) is 0 Å². The topological polar surface area (TPSA) is 46.1 Å². The van der Waals surface area contributed by atoms with Gasteiger partial charge in [-0.1, -0.05) is 42.0 Å². The lowest BCUT2D eigenvalue weighted by Gasteiger charge is -2.29. The van der Waals surface area contributed by atoms with E-state index in [4.69, 9.17) is 0 Å². The van der Waals surface area contributed by atoms with Crippen LogP contribution in [0.5, 0.6) is 0 Å². The zero-order valence-electron chi connectivity index (χ0n) is 14.1. The lowest BCUT2D eigenvalue weighted by molar-refractivity contribution is 0.0727. The highest BCUT2D eigenvalue weighted by Crippen LogP contribution is 2.27. The Morgan fingerprint density at radius 3 is 2.56 bits per heavy atom. The van der Waals surface area contributed by atoms with E-state index in [1.807, 2.05) is 4.90 Å². The van der Waals surface area contributed by atoms with Crippen LogP contribution >= 0.6 is 0 Å². The van der Waals surface area contributed by atoms with Gasteiger partial charge < -0.3 is 4.90 Å². The summed E-state index contributed by atoms with van der Waals surface area (Å²) in [5.74, 6) is -0.0560. The molecule has 0 unspecified atom stereocenters. The molecule has 0 saturated heterocycles. The molecule has 2 aromatic carbocycles. The average Bonchev–Trinajstić information content (AvgIpc) is 2.68. The number of rotatable bonds is 2. The van der Waals surface area contributed by atoms with E-state index in [2.05, 4.69) is 59.6 Å². The Bertz CT molecular complexity index is 904. The number of hydrogen-bond donors (Lipinski definition) is 0. The summed E-state index contributed by atoms with van der Waals surface area (Å²) in [4.78, 5) is 14.5. The van der Waals surface area contributed by atoms with Crippen LogP contribution in [-0.4, -0.2) is 27.5 Å². The van der Waals surface area contributed by atoms with Crippen LogP contribution in [0.1, 0.15) is 27.2 Å². The van der Waals surface area contributed by atoms with Gasteiger partial charge in [-0.25, -0.2) is 0 Å². The number of hydrogen-bond acceptors (Lipinski definition) is 3. The van der Waals surface area contributed by atoms with E-state index in [0.29, 0.717) is 18.8 Å². The number of aryl methyl sites for hydroxylation is 1. The highest BCUT2D eigenvalue weighted by molar-refractivity contribution is 5.92.